The fraction of sp³-hybridized carbons (Fsp3) is 0.769. The first-order valence-electron chi connectivity index (χ1n) is 6.62. The van der Waals surface area contributed by atoms with Crippen LogP contribution in [0.25, 0.3) is 0 Å². The molecule has 96 valence electrons. The number of rotatable bonds is 4. The van der Waals surface area contributed by atoms with E-state index < -0.39 is 0 Å². The highest BCUT2D eigenvalue weighted by molar-refractivity contribution is 5.04. The molecule has 1 aromatic heterocycles. The van der Waals surface area contributed by atoms with Crippen molar-refractivity contribution in [1.82, 2.24) is 14.7 Å². The summed E-state index contributed by atoms with van der Waals surface area (Å²) >= 11 is 0. The maximum Gasteiger partial charge on any atom is 0.0522 e. The molecule has 2 atom stereocenters. The third kappa shape index (κ3) is 3.07. The van der Waals surface area contributed by atoms with E-state index in [0.29, 0.717) is 6.04 Å². The lowest BCUT2D eigenvalue weighted by atomic mass is 9.90. The molecular formula is C13H24N4. The van der Waals surface area contributed by atoms with E-state index in [1.54, 1.807) is 0 Å². The molecular weight excluding hydrogens is 212 g/mol. The Morgan fingerprint density at radius 1 is 1.53 bits per heavy atom. The number of nitrogens with zero attached hydrogens (tertiary/aromatic N) is 3. The van der Waals surface area contributed by atoms with E-state index in [2.05, 4.69) is 23.1 Å². The molecule has 2 N–H and O–H groups in total. The minimum absolute atomic E-state index is 0.570. The lowest BCUT2D eigenvalue weighted by Gasteiger charge is -2.39. The van der Waals surface area contributed by atoms with Gasteiger partial charge in [0.1, 0.15) is 0 Å². The first kappa shape index (κ1) is 12.6. The molecule has 2 rings (SSSR count). The number of hydrogen-bond donors (Lipinski definition) is 1. The molecule has 0 aromatic carbocycles. The highest BCUT2D eigenvalue weighted by Crippen LogP contribution is 2.22. The van der Waals surface area contributed by atoms with Crippen molar-refractivity contribution >= 4 is 0 Å². The molecule has 2 heterocycles. The van der Waals surface area contributed by atoms with Crippen LogP contribution in [0, 0.1) is 5.92 Å². The van der Waals surface area contributed by atoms with Crippen molar-refractivity contribution < 1.29 is 0 Å². The Balaban J connectivity index is 1.88. The van der Waals surface area contributed by atoms with Gasteiger partial charge in [0, 0.05) is 32.4 Å². The molecule has 1 aliphatic rings. The van der Waals surface area contributed by atoms with Crippen molar-refractivity contribution in [3.8, 4) is 0 Å². The summed E-state index contributed by atoms with van der Waals surface area (Å²) in [7, 11) is 1.97. The van der Waals surface area contributed by atoms with Crippen LogP contribution in [-0.2, 0) is 13.5 Å². The Hall–Kier alpha value is -0.870. The molecule has 2 unspecified atom stereocenters. The monoisotopic (exact) mass is 236 g/mol. The lowest BCUT2D eigenvalue weighted by molar-refractivity contribution is 0.108. The van der Waals surface area contributed by atoms with Gasteiger partial charge in [-0.1, -0.05) is 6.92 Å². The second kappa shape index (κ2) is 5.65. The summed E-state index contributed by atoms with van der Waals surface area (Å²) in [6.45, 7) is 5.42. The van der Waals surface area contributed by atoms with Crippen molar-refractivity contribution in [1.29, 1.82) is 0 Å². The third-order valence-corrected chi connectivity index (χ3v) is 3.92. The van der Waals surface area contributed by atoms with Gasteiger partial charge in [-0.2, -0.15) is 5.10 Å². The molecule has 1 saturated heterocycles. The van der Waals surface area contributed by atoms with Crippen LogP contribution < -0.4 is 5.73 Å². The van der Waals surface area contributed by atoms with Gasteiger partial charge < -0.3 is 5.73 Å². The van der Waals surface area contributed by atoms with Crippen molar-refractivity contribution in [2.75, 3.05) is 19.6 Å². The van der Waals surface area contributed by atoms with E-state index in [4.69, 9.17) is 5.73 Å². The molecule has 17 heavy (non-hydrogen) atoms. The number of hydrogen-bond acceptors (Lipinski definition) is 3. The Labute approximate surface area is 104 Å². The van der Waals surface area contributed by atoms with Crippen LogP contribution >= 0.6 is 0 Å². The first-order valence-corrected chi connectivity index (χ1v) is 6.62. The number of piperidine rings is 1. The second-order valence-corrected chi connectivity index (χ2v) is 5.23. The van der Waals surface area contributed by atoms with Crippen molar-refractivity contribution in [3.05, 3.63) is 18.0 Å². The van der Waals surface area contributed by atoms with Gasteiger partial charge in [0.15, 0.2) is 0 Å². The minimum Gasteiger partial charge on any atom is -0.329 e. The van der Waals surface area contributed by atoms with E-state index in [1.807, 2.05) is 17.9 Å². The third-order valence-electron chi connectivity index (χ3n) is 3.92. The Morgan fingerprint density at radius 2 is 2.35 bits per heavy atom. The number of aromatic nitrogens is 2. The van der Waals surface area contributed by atoms with Gasteiger partial charge in [-0.05, 0) is 37.3 Å². The molecule has 1 fully saturated rings. The van der Waals surface area contributed by atoms with Gasteiger partial charge in [-0.3, -0.25) is 9.58 Å². The molecule has 0 spiro atoms. The van der Waals surface area contributed by atoms with Gasteiger partial charge >= 0.3 is 0 Å². The van der Waals surface area contributed by atoms with E-state index in [0.717, 1.165) is 25.4 Å². The van der Waals surface area contributed by atoms with Crippen LogP contribution in [0.15, 0.2) is 12.4 Å². The number of aryl methyl sites for hydroxylation is 1. The largest absolute Gasteiger partial charge is 0.329 e. The number of likely N-dealkylation sites (tertiary alicyclic amines) is 1. The smallest absolute Gasteiger partial charge is 0.0522 e. The van der Waals surface area contributed by atoms with Gasteiger partial charge in [0.25, 0.3) is 0 Å². The first-order chi connectivity index (χ1) is 8.20. The summed E-state index contributed by atoms with van der Waals surface area (Å²) < 4.78 is 1.87. The summed E-state index contributed by atoms with van der Waals surface area (Å²) in [6, 6.07) is 0.570. The maximum atomic E-state index is 5.90. The highest BCUT2D eigenvalue weighted by atomic mass is 15.2. The zero-order valence-electron chi connectivity index (χ0n) is 11.0. The average molecular weight is 236 g/mol. The van der Waals surface area contributed by atoms with Gasteiger partial charge in [-0.25, -0.2) is 0 Å². The van der Waals surface area contributed by atoms with Gasteiger partial charge in [-0.15, -0.1) is 0 Å². The second-order valence-electron chi connectivity index (χ2n) is 5.23. The summed E-state index contributed by atoms with van der Waals surface area (Å²) in [5.41, 5.74) is 7.22. The van der Waals surface area contributed by atoms with E-state index in [1.165, 1.54) is 24.9 Å². The predicted octanol–water partition coefficient (Wildman–Crippen LogP) is 1.02. The fourth-order valence-corrected chi connectivity index (χ4v) is 2.87. The molecule has 1 aliphatic heterocycles. The zero-order valence-corrected chi connectivity index (χ0v) is 11.0. The minimum atomic E-state index is 0.570. The van der Waals surface area contributed by atoms with Crippen LogP contribution in [0.4, 0.5) is 0 Å². The molecule has 4 heteroatoms. The molecule has 0 saturated carbocycles. The lowest BCUT2D eigenvalue weighted by Crippen LogP contribution is -2.49. The summed E-state index contributed by atoms with van der Waals surface area (Å²) in [5, 5.41) is 4.21. The molecule has 1 aromatic rings. The molecule has 0 radical (unpaired) electrons. The van der Waals surface area contributed by atoms with Crippen molar-refractivity contribution in [2.24, 2.45) is 18.7 Å². The van der Waals surface area contributed by atoms with E-state index in [9.17, 15) is 0 Å². The quantitative estimate of drug-likeness (QED) is 0.849. The normalized spacial score (nSPS) is 26.3. The standard InChI is InChI=1S/C13H24N4/c1-11-4-3-6-17(13(11)8-14)7-5-12-9-15-16(2)10-12/h9-11,13H,3-8,14H2,1-2H3. The van der Waals surface area contributed by atoms with Crippen LogP contribution in [0.1, 0.15) is 25.3 Å². The topological polar surface area (TPSA) is 47.1 Å². The molecule has 0 bridgehead atoms. The Morgan fingerprint density at radius 3 is 3.00 bits per heavy atom. The SMILES string of the molecule is CC1CCCN(CCc2cnn(C)c2)C1CN. The molecule has 0 aliphatic carbocycles. The van der Waals surface area contributed by atoms with Gasteiger partial charge in [0.05, 0.1) is 6.20 Å². The zero-order chi connectivity index (χ0) is 12.3. The number of nitrogens with two attached hydrogens (primary N) is 1. The average Bonchev–Trinajstić information content (AvgIpc) is 2.72. The molecule has 0 amide bonds. The summed E-state index contributed by atoms with van der Waals surface area (Å²) in [6.07, 6.45) is 7.78. The van der Waals surface area contributed by atoms with Crippen LogP contribution in [0.5, 0.6) is 0 Å². The summed E-state index contributed by atoms with van der Waals surface area (Å²) in [4.78, 5) is 2.56. The van der Waals surface area contributed by atoms with Crippen molar-refractivity contribution in [2.45, 2.75) is 32.2 Å². The fourth-order valence-electron chi connectivity index (χ4n) is 2.87. The predicted molar refractivity (Wildman–Crippen MR) is 69.7 cm³/mol. The Bertz CT molecular complexity index is 347. The van der Waals surface area contributed by atoms with Crippen LogP contribution in [-0.4, -0.2) is 40.4 Å². The van der Waals surface area contributed by atoms with Crippen LogP contribution in [0.2, 0.25) is 0 Å². The van der Waals surface area contributed by atoms with E-state index >= 15 is 0 Å². The van der Waals surface area contributed by atoms with Crippen LogP contribution in [0.3, 0.4) is 0 Å². The van der Waals surface area contributed by atoms with E-state index in [-0.39, 0.29) is 0 Å². The van der Waals surface area contributed by atoms with Gasteiger partial charge in [0.2, 0.25) is 0 Å². The molecule has 4 nitrogen and oxygen atoms in total. The highest BCUT2D eigenvalue weighted by Gasteiger charge is 2.26. The Kier molecular flexibility index (Phi) is 4.18. The maximum absolute atomic E-state index is 5.90. The summed E-state index contributed by atoms with van der Waals surface area (Å²) in [5.74, 6) is 0.739. The van der Waals surface area contributed by atoms with Crippen molar-refractivity contribution in [3.63, 3.8) is 0 Å².